The SMILES string of the molecule is CC(NCCCOCCc1ccc2sccc2c1)C1(O)OC(=O)C(=O)O1. The number of benzene rings is 1. The van der Waals surface area contributed by atoms with E-state index < -0.39 is 24.0 Å². The lowest BCUT2D eigenvalue weighted by atomic mass is 10.1. The van der Waals surface area contributed by atoms with Crippen molar-refractivity contribution >= 4 is 33.4 Å². The molecule has 0 radical (unpaired) electrons. The number of cyclic esters (lactones) is 2. The van der Waals surface area contributed by atoms with E-state index in [0.29, 0.717) is 26.2 Å². The zero-order chi connectivity index (χ0) is 18.6. The van der Waals surface area contributed by atoms with Gasteiger partial charge < -0.3 is 24.6 Å². The molecule has 7 nitrogen and oxygen atoms in total. The molecule has 0 aliphatic carbocycles. The summed E-state index contributed by atoms with van der Waals surface area (Å²) in [7, 11) is 0. The van der Waals surface area contributed by atoms with Crippen molar-refractivity contribution in [3.8, 4) is 0 Å². The van der Waals surface area contributed by atoms with E-state index in [2.05, 4.69) is 44.4 Å². The van der Waals surface area contributed by atoms with E-state index in [1.165, 1.54) is 15.6 Å². The third-order valence-corrected chi connectivity index (χ3v) is 5.06. The number of carbonyl (C=O) groups excluding carboxylic acids is 2. The van der Waals surface area contributed by atoms with Crippen molar-refractivity contribution in [1.82, 2.24) is 5.32 Å². The molecule has 0 saturated carbocycles. The Balaban J connectivity index is 1.29. The lowest BCUT2D eigenvalue weighted by molar-refractivity contribution is -0.304. The van der Waals surface area contributed by atoms with E-state index in [1.807, 2.05) is 0 Å². The van der Waals surface area contributed by atoms with Gasteiger partial charge >= 0.3 is 17.9 Å². The minimum Gasteiger partial charge on any atom is -0.388 e. The molecule has 8 heteroatoms. The van der Waals surface area contributed by atoms with Crippen LogP contribution in [0.15, 0.2) is 29.6 Å². The first-order chi connectivity index (χ1) is 12.5. The average Bonchev–Trinajstić information content (AvgIpc) is 3.18. The number of aliphatic hydroxyl groups is 1. The molecule has 2 heterocycles. The summed E-state index contributed by atoms with van der Waals surface area (Å²) in [6.45, 7) is 3.26. The van der Waals surface area contributed by atoms with Crippen LogP contribution >= 0.6 is 11.3 Å². The summed E-state index contributed by atoms with van der Waals surface area (Å²) >= 11 is 1.73. The predicted molar refractivity (Wildman–Crippen MR) is 95.6 cm³/mol. The van der Waals surface area contributed by atoms with E-state index in [-0.39, 0.29) is 0 Å². The minimum absolute atomic E-state index is 0.513. The van der Waals surface area contributed by atoms with Gasteiger partial charge in [-0.25, -0.2) is 9.59 Å². The van der Waals surface area contributed by atoms with Crippen LogP contribution in [0, 0.1) is 0 Å². The van der Waals surface area contributed by atoms with E-state index in [9.17, 15) is 14.7 Å². The predicted octanol–water partition coefficient (Wildman–Crippen LogP) is 1.57. The smallest absolute Gasteiger partial charge is 0.388 e. The Labute approximate surface area is 154 Å². The molecular weight excluding hydrogens is 358 g/mol. The van der Waals surface area contributed by atoms with Crippen LogP contribution in [0.2, 0.25) is 0 Å². The molecular formula is C18H21NO6S. The molecule has 3 rings (SSSR count). The number of thiophene rings is 1. The van der Waals surface area contributed by atoms with Crippen molar-refractivity contribution < 1.29 is 28.9 Å². The van der Waals surface area contributed by atoms with E-state index >= 15 is 0 Å². The molecule has 2 aromatic rings. The van der Waals surface area contributed by atoms with Crippen molar-refractivity contribution in [2.24, 2.45) is 0 Å². The molecule has 1 saturated heterocycles. The quantitative estimate of drug-likeness (QED) is 0.388. The van der Waals surface area contributed by atoms with Crippen molar-refractivity contribution in [2.75, 3.05) is 19.8 Å². The summed E-state index contributed by atoms with van der Waals surface area (Å²) in [4.78, 5) is 22.0. The highest BCUT2D eigenvalue weighted by Gasteiger charge is 2.51. The summed E-state index contributed by atoms with van der Waals surface area (Å²) in [5, 5.41) is 16.2. The molecule has 0 amide bonds. The van der Waals surface area contributed by atoms with Crippen molar-refractivity contribution in [2.45, 2.75) is 31.8 Å². The normalized spacial score (nSPS) is 17.3. The van der Waals surface area contributed by atoms with Gasteiger partial charge in [0.25, 0.3) is 0 Å². The molecule has 1 fully saturated rings. The third kappa shape index (κ3) is 4.39. The minimum atomic E-state index is -2.24. The topological polar surface area (TPSA) is 94.1 Å². The maximum Gasteiger partial charge on any atom is 0.422 e. The standard InChI is InChI=1S/C18H21NO6S/c1-12(18(22)24-16(20)17(21)25-18)19-7-2-8-23-9-5-13-3-4-15-14(11-13)6-10-26-15/h3-4,6,10-12,19,22H,2,5,7-9H2,1H3. The molecule has 0 spiro atoms. The summed E-state index contributed by atoms with van der Waals surface area (Å²) in [6.07, 6.45) is 1.55. The van der Waals surface area contributed by atoms with E-state index in [1.54, 1.807) is 18.3 Å². The fourth-order valence-electron chi connectivity index (χ4n) is 2.63. The molecule has 1 aliphatic rings. The number of nitrogens with one attached hydrogen (secondary N) is 1. The van der Waals surface area contributed by atoms with E-state index in [0.717, 1.165) is 6.42 Å². The monoisotopic (exact) mass is 379 g/mol. The van der Waals surface area contributed by atoms with Crippen LogP contribution in [-0.2, 0) is 30.2 Å². The van der Waals surface area contributed by atoms with Gasteiger partial charge in [-0.1, -0.05) is 12.1 Å². The van der Waals surface area contributed by atoms with Gasteiger partial charge in [-0.05, 0) is 54.8 Å². The molecule has 1 aromatic heterocycles. The molecule has 1 aliphatic heterocycles. The van der Waals surface area contributed by atoms with Gasteiger partial charge in [0, 0.05) is 11.3 Å². The number of fused-ring (bicyclic) bond motifs is 1. The highest BCUT2D eigenvalue weighted by molar-refractivity contribution is 7.17. The Kier molecular flexibility index (Phi) is 5.87. The molecule has 26 heavy (non-hydrogen) atoms. The highest BCUT2D eigenvalue weighted by atomic mass is 32.1. The van der Waals surface area contributed by atoms with Crippen molar-refractivity contribution in [3.63, 3.8) is 0 Å². The number of esters is 2. The summed E-state index contributed by atoms with van der Waals surface area (Å²) < 4.78 is 16.0. The second-order valence-electron chi connectivity index (χ2n) is 6.09. The molecule has 1 atom stereocenters. The Morgan fingerprint density at radius 1 is 1.23 bits per heavy atom. The summed E-state index contributed by atoms with van der Waals surface area (Å²) in [5.74, 6) is -4.62. The van der Waals surface area contributed by atoms with Gasteiger partial charge in [-0.2, -0.15) is 0 Å². The Morgan fingerprint density at radius 3 is 2.77 bits per heavy atom. The number of carbonyl (C=O) groups is 2. The molecule has 1 aromatic carbocycles. The first-order valence-corrected chi connectivity index (χ1v) is 9.32. The molecule has 140 valence electrons. The van der Waals surface area contributed by atoms with Gasteiger partial charge in [0.05, 0.1) is 6.61 Å². The maximum absolute atomic E-state index is 11.0. The number of hydrogen-bond acceptors (Lipinski definition) is 8. The molecule has 1 unspecified atom stereocenters. The number of hydrogen-bond donors (Lipinski definition) is 2. The Bertz CT molecular complexity index is 773. The first-order valence-electron chi connectivity index (χ1n) is 8.44. The van der Waals surface area contributed by atoms with Crippen molar-refractivity contribution in [1.29, 1.82) is 0 Å². The van der Waals surface area contributed by atoms with Gasteiger partial charge in [0.15, 0.2) is 0 Å². The third-order valence-electron chi connectivity index (χ3n) is 4.16. The lowest BCUT2D eigenvalue weighted by Gasteiger charge is -2.25. The van der Waals surface area contributed by atoms with Crippen LogP contribution in [0.5, 0.6) is 0 Å². The summed E-state index contributed by atoms with van der Waals surface area (Å²) in [6, 6.07) is 7.81. The fraction of sp³-hybridized carbons (Fsp3) is 0.444. The van der Waals surface area contributed by atoms with Crippen LogP contribution in [0.3, 0.4) is 0 Å². The highest BCUT2D eigenvalue weighted by Crippen LogP contribution is 2.22. The Hall–Kier alpha value is -2.00. The van der Waals surface area contributed by atoms with Crippen LogP contribution in [0.25, 0.3) is 10.1 Å². The van der Waals surface area contributed by atoms with Gasteiger partial charge in [-0.15, -0.1) is 11.3 Å². The average molecular weight is 379 g/mol. The van der Waals surface area contributed by atoms with Gasteiger partial charge in [0.1, 0.15) is 6.04 Å². The zero-order valence-corrected chi connectivity index (χ0v) is 15.2. The van der Waals surface area contributed by atoms with Crippen LogP contribution in [0.1, 0.15) is 18.9 Å². The first kappa shape index (κ1) is 18.8. The second kappa shape index (κ2) is 8.13. The molecule has 0 bridgehead atoms. The summed E-state index contributed by atoms with van der Waals surface area (Å²) in [5.41, 5.74) is 1.25. The van der Waals surface area contributed by atoms with Crippen LogP contribution < -0.4 is 5.32 Å². The maximum atomic E-state index is 11.0. The van der Waals surface area contributed by atoms with Gasteiger partial charge in [-0.3, -0.25) is 0 Å². The lowest BCUT2D eigenvalue weighted by Crippen LogP contribution is -2.50. The van der Waals surface area contributed by atoms with E-state index in [4.69, 9.17) is 4.74 Å². The molecule has 2 N–H and O–H groups in total. The largest absolute Gasteiger partial charge is 0.422 e. The zero-order valence-electron chi connectivity index (χ0n) is 14.4. The van der Waals surface area contributed by atoms with Crippen molar-refractivity contribution in [3.05, 3.63) is 35.2 Å². The fourth-order valence-corrected chi connectivity index (χ4v) is 3.40. The second-order valence-corrected chi connectivity index (χ2v) is 7.04. The number of ether oxygens (including phenoxy) is 3. The Morgan fingerprint density at radius 2 is 2.00 bits per heavy atom. The number of rotatable bonds is 9. The van der Waals surface area contributed by atoms with Crippen LogP contribution in [-0.4, -0.2) is 48.8 Å². The van der Waals surface area contributed by atoms with Gasteiger partial charge in [0.2, 0.25) is 0 Å². The van der Waals surface area contributed by atoms with Crippen LogP contribution in [0.4, 0.5) is 0 Å².